The van der Waals surface area contributed by atoms with Crippen molar-refractivity contribution in [1.29, 1.82) is 0 Å². The van der Waals surface area contributed by atoms with E-state index in [1.807, 2.05) is 0 Å². The fraction of sp³-hybridized carbons (Fsp3) is 0.909. The van der Waals surface area contributed by atoms with Crippen LogP contribution in [0.5, 0.6) is 0 Å². The Labute approximate surface area is 91.2 Å². The number of ether oxygens (including phenoxy) is 1. The van der Waals surface area contributed by atoms with E-state index in [0.717, 1.165) is 32.5 Å². The van der Waals surface area contributed by atoms with Crippen molar-refractivity contribution in [2.75, 3.05) is 26.2 Å². The first-order valence-corrected chi connectivity index (χ1v) is 5.78. The summed E-state index contributed by atoms with van der Waals surface area (Å²) in [5, 5.41) is 8.59. The van der Waals surface area contributed by atoms with Gasteiger partial charge in [0.2, 0.25) is 0 Å². The van der Waals surface area contributed by atoms with Crippen molar-refractivity contribution in [2.24, 2.45) is 0 Å². The lowest BCUT2D eigenvalue weighted by Gasteiger charge is -2.21. The molecule has 4 heteroatoms. The van der Waals surface area contributed by atoms with Crippen molar-refractivity contribution in [2.45, 2.75) is 38.7 Å². The Morgan fingerprint density at radius 3 is 2.87 bits per heavy atom. The first-order valence-electron chi connectivity index (χ1n) is 5.78. The molecule has 0 aliphatic carbocycles. The molecule has 0 spiro atoms. The highest BCUT2D eigenvalue weighted by Gasteiger charge is 2.16. The monoisotopic (exact) mass is 215 g/mol. The molecular weight excluding hydrogens is 194 g/mol. The van der Waals surface area contributed by atoms with E-state index < -0.39 is 5.97 Å². The SMILES string of the molecule is CCN(CCC(=O)O)CCC1CCCO1. The van der Waals surface area contributed by atoms with Crippen molar-refractivity contribution in [3.63, 3.8) is 0 Å². The summed E-state index contributed by atoms with van der Waals surface area (Å²) in [4.78, 5) is 12.6. The minimum absolute atomic E-state index is 0.235. The van der Waals surface area contributed by atoms with Gasteiger partial charge in [0.15, 0.2) is 0 Å². The van der Waals surface area contributed by atoms with E-state index in [9.17, 15) is 4.79 Å². The summed E-state index contributed by atoms with van der Waals surface area (Å²) in [6.07, 6.45) is 4.01. The fourth-order valence-electron chi connectivity index (χ4n) is 1.88. The van der Waals surface area contributed by atoms with E-state index in [-0.39, 0.29) is 6.42 Å². The minimum atomic E-state index is -0.717. The van der Waals surface area contributed by atoms with Crippen molar-refractivity contribution in [3.05, 3.63) is 0 Å². The highest BCUT2D eigenvalue weighted by atomic mass is 16.5. The number of carboxylic acid groups (broad SMARTS) is 1. The minimum Gasteiger partial charge on any atom is -0.481 e. The Kier molecular flexibility index (Phi) is 5.65. The molecule has 1 atom stereocenters. The number of hydrogen-bond acceptors (Lipinski definition) is 3. The zero-order chi connectivity index (χ0) is 11.1. The molecule has 1 saturated heterocycles. The van der Waals surface area contributed by atoms with Crippen LogP contribution in [0.3, 0.4) is 0 Å². The Morgan fingerprint density at radius 2 is 2.33 bits per heavy atom. The highest BCUT2D eigenvalue weighted by molar-refractivity contribution is 5.66. The molecule has 0 amide bonds. The van der Waals surface area contributed by atoms with Gasteiger partial charge in [0.1, 0.15) is 0 Å². The molecule has 0 bridgehead atoms. The summed E-state index contributed by atoms with van der Waals surface area (Å²) in [6.45, 7) is 5.48. The van der Waals surface area contributed by atoms with Gasteiger partial charge >= 0.3 is 5.97 Å². The average Bonchev–Trinajstić information content (AvgIpc) is 2.70. The maximum atomic E-state index is 10.4. The molecule has 1 heterocycles. The molecule has 0 aromatic carbocycles. The van der Waals surface area contributed by atoms with E-state index in [2.05, 4.69) is 11.8 Å². The maximum absolute atomic E-state index is 10.4. The van der Waals surface area contributed by atoms with E-state index in [4.69, 9.17) is 9.84 Å². The van der Waals surface area contributed by atoms with Crippen LogP contribution >= 0.6 is 0 Å². The smallest absolute Gasteiger partial charge is 0.304 e. The zero-order valence-electron chi connectivity index (χ0n) is 9.45. The first-order chi connectivity index (χ1) is 7.22. The highest BCUT2D eigenvalue weighted by Crippen LogP contribution is 2.15. The number of nitrogens with zero attached hydrogens (tertiary/aromatic N) is 1. The molecule has 1 unspecified atom stereocenters. The molecule has 15 heavy (non-hydrogen) atoms. The predicted octanol–water partition coefficient (Wildman–Crippen LogP) is 1.35. The fourth-order valence-corrected chi connectivity index (χ4v) is 1.88. The van der Waals surface area contributed by atoms with E-state index >= 15 is 0 Å². The predicted molar refractivity (Wildman–Crippen MR) is 58.0 cm³/mol. The van der Waals surface area contributed by atoms with E-state index in [1.54, 1.807) is 0 Å². The maximum Gasteiger partial charge on any atom is 0.304 e. The van der Waals surface area contributed by atoms with Gasteiger partial charge < -0.3 is 14.7 Å². The molecule has 1 aliphatic rings. The molecule has 0 saturated carbocycles. The summed E-state index contributed by atoms with van der Waals surface area (Å²) < 4.78 is 5.53. The summed E-state index contributed by atoms with van der Waals surface area (Å²) in [7, 11) is 0. The van der Waals surface area contributed by atoms with Crippen LogP contribution in [-0.4, -0.2) is 48.3 Å². The molecule has 0 aromatic heterocycles. The molecule has 0 radical (unpaired) electrons. The second-order valence-electron chi connectivity index (χ2n) is 4.00. The van der Waals surface area contributed by atoms with Gasteiger partial charge in [0.25, 0.3) is 0 Å². The molecule has 88 valence electrons. The summed E-state index contributed by atoms with van der Waals surface area (Å²) in [6, 6.07) is 0. The number of hydrogen-bond donors (Lipinski definition) is 1. The van der Waals surface area contributed by atoms with Gasteiger partial charge in [-0.25, -0.2) is 0 Å². The summed E-state index contributed by atoms with van der Waals surface area (Å²) in [5.41, 5.74) is 0. The van der Waals surface area contributed by atoms with Gasteiger partial charge in [-0.3, -0.25) is 4.79 Å². The van der Waals surface area contributed by atoms with Gasteiger partial charge in [0.05, 0.1) is 12.5 Å². The first kappa shape index (κ1) is 12.5. The normalized spacial score (nSPS) is 21.1. The lowest BCUT2D eigenvalue weighted by Crippen LogP contribution is -2.29. The number of carboxylic acids is 1. The van der Waals surface area contributed by atoms with Gasteiger partial charge in [-0.1, -0.05) is 6.92 Å². The lowest BCUT2D eigenvalue weighted by molar-refractivity contribution is -0.137. The second kappa shape index (κ2) is 6.80. The van der Waals surface area contributed by atoms with Crippen molar-refractivity contribution < 1.29 is 14.6 Å². The van der Waals surface area contributed by atoms with Gasteiger partial charge in [-0.2, -0.15) is 0 Å². The molecule has 4 nitrogen and oxygen atoms in total. The summed E-state index contributed by atoms with van der Waals surface area (Å²) in [5.74, 6) is -0.717. The number of aliphatic carboxylic acids is 1. The van der Waals surface area contributed by atoms with Crippen molar-refractivity contribution >= 4 is 5.97 Å². The Hall–Kier alpha value is -0.610. The quantitative estimate of drug-likeness (QED) is 0.696. The summed E-state index contributed by atoms with van der Waals surface area (Å²) >= 11 is 0. The van der Waals surface area contributed by atoms with Crippen LogP contribution < -0.4 is 0 Å². The zero-order valence-corrected chi connectivity index (χ0v) is 9.45. The van der Waals surface area contributed by atoms with Crippen LogP contribution in [0.15, 0.2) is 0 Å². The van der Waals surface area contributed by atoms with Crippen LogP contribution in [0.25, 0.3) is 0 Å². The topological polar surface area (TPSA) is 49.8 Å². The number of carbonyl (C=O) groups is 1. The van der Waals surface area contributed by atoms with Crippen LogP contribution in [0, 0.1) is 0 Å². The second-order valence-corrected chi connectivity index (χ2v) is 4.00. The average molecular weight is 215 g/mol. The Balaban J connectivity index is 2.12. The largest absolute Gasteiger partial charge is 0.481 e. The third-order valence-electron chi connectivity index (χ3n) is 2.88. The van der Waals surface area contributed by atoms with E-state index in [1.165, 1.54) is 6.42 Å². The van der Waals surface area contributed by atoms with Crippen molar-refractivity contribution in [3.8, 4) is 0 Å². The Morgan fingerprint density at radius 1 is 1.53 bits per heavy atom. The molecule has 1 N–H and O–H groups in total. The molecular formula is C11H21NO3. The van der Waals surface area contributed by atoms with Gasteiger partial charge in [0, 0.05) is 19.7 Å². The van der Waals surface area contributed by atoms with Crippen LogP contribution in [0.1, 0.15) is 32.6 Å². The molecule has 0 aromatic rings. The molecule has 1 aliphatic heterocycles. The number of rotatable bonds is 7. The van der Waals surface area contributed by atoms with Crippen LogP contribution in [0.2, 0.25) is 0 Å². The lowest BCUT2D eigenvalue weighted by atomic mass is 10.2. The van der Waals surface area contributed by atoms with E-state index in [0.29, 0.717) is 12.6 Å². The van der Waals surface area contributed by atoms with Crippen LogP contribution in [0.4, 0.5) is 0 Å². The third kappa shape index (κ3) is 5.14. The third-order valence-corrected chi connectivity index (χ3v) is 2.88. The van der Waals surface area contributed by atoms with Gasteiger partial charge in [-0.05, 0) is 25.8 Å². The standard InChI is InChI=1S/C11H21NO3/c1-2-12(8-6-11(13)14)7-5-10-4-3-9-15-10/h10H,2-9H2,1H3,(H,13,14). The van der Waals surface area contributed by atoms with Crippen LogP contribution in [-0.2, 0) is 9.53 Å². The molecule has 1 rings (SSSR count). The molecule has 1 fully saturated rings. The van der Waals surface area contributed by atoms with Gasteiger partial charge in [-0.15, -0.1) is 0 Å². The Bertz CT molecular complexity index is 190. The van der Waals surface area contributed by atoms with Crippen molar-refractivity contribution in [1.82, 2.24) is 4.90 Å².